The van der Waals surface area contributed by atoms with Gasteiger partial charge in [0.05, 0.1) is 26.6 Å². The highest BCUT2D eigenvalue weighted by Crippen LogP contribution is 2.59. The zero-order valence-corrected chi connectivity index (χ0v) is 14.2. The third-order valence-electron chi connectivity index (χ3n) is 3.24. The lowest BCUT2D eigenvalue weighted by Gasteiger charge is -2.14. The second kappa shape index (κ2) is 5.86. The molecule has 0 aromatic heterocycles. The number of thioether (sulfide) groups is 1. The Morgan fingerprint density at radius 3 is 2.56 bits per heavy atom. The molecular weight excluding hydrogens is 427 g/mol. The van der Waals surface area contributed by atoms with Gasteiger partial charge in [0, 0.05) is 6.07 Å². The van der Waals surface area contributed by atoms with Crippen molar-refractivity contribution in [2.75, 3.05) is 0 Å². The summed E-state index contributed by atoms with van der Waals surface area (Å²) < 4.78 is 45.6. The highest BCUT2D eigenvalue weighted by molar-refractivity contribution is 9.10. The maximum absolute atomic E-state index is 13.6. The molecule has 1 aliphatic heterocycles. The predicted molar refractivity (Wildman–Crippen MR) is 83.8 cm³/mol. The summed E-state index contributed by atoms with van der Waals surface area (Å²) in [6, 6.07) is 4.63. The van der Waals surface area contributed by atoms with Crippen molar-refractivity contribution in [1.29, 1.82) is 5.26 Å². The molecule has 0 spiro atoms. The first-order valence-corrected chi connectivity index (χ1v) is 8.04. The van der Waals surface area contributed by atoms with E-state index in [0.717, 1.165) is 18.2 Å². The van der Waals surface area contributed by atoms with Gasteiger partial charge >= 0.3 is 5.25 Å². The van der Waals surface area contributed by atoms with Crippen molar-refractivity contribution in [3.63, 3.8) is 0 Å². The highest BCUT2D eigenvalue weighted by Gasteiger charge is 2.52. The van der Waals surface area contributed by atoms with Crippen molar-refractivity contribution in [3.8, 4) is 29.1 Å². The van der Waals surface area contributed by atoms with Crippen molar-refractivity contribution < 1.29 is 32.9 Å². The molecule has 0 amide bonds. The van der Waals surface area contributed by atoms with Gasteiger partial charge in [0.15, 0.2) is 11.5 Å². The number of rotatable bonds is 2. The van der Waals surface area contributed by atoms with Gasteiger partial charge in [-0.1, -0.05) is 0 Å². The van der Waals surface area contributed by atoms with E-state index in [9.17, 15) is 28.2 Å². The van der Waals surface area contributed by atoms with Crippen LogP contribution in [0.15, 0.2) is 27.6 Å². The highest BCUT2D eigenvalue weighted by atomic mass is 79.9. The zero-order chi connectivity index (χ0) is 18.5. The van der Waals surface area contributed by atoms with E-state index in [1.165, 1.54) is 0 Å². The summed E-state index contributed by atoms with van der Waals surface area (Å²) in [5.41, 5.74) is -0.647. The molecule has 0 atom stereocenters. The van der Waals surface area contributed by atoms with Gasteiger partial charge in [-0.2, -0.15) is 14.0 Å². The minimum absolute atomic E-state index is 0.0887. The molecule has 2 aromatic rings. The van der Waals surface area contributed by atoms with E-state index in [4.69, 9.17) is 10.00 Å². The molecule has 0 fully saturated rings. The summed E-state index contributed by atoms with van der Waals surface area (Å²) in [5, 5.41) is 25.0. The Morgan fingerprint density at radius 2 is 1.92 bits per heavy atom. The number of carbonyl (C=O) groups excluding carboxylic acids is 1. The van der Waals surface area contributed by atoms with Crippen LogP contribution in [0.4, 0.5) is 13.2 Å². The van der Waals surface area contributed by atoms with E-state index in [1.54, 1.807) is 6.07 Å². The molecule has 25 heavy (non-hydrogen) atoms. The van der Waals surface area contributed by atoms with E-state index in [0.29, 0.717) is 0 Å². The van der Waals surface area contributed by atoms with Gasteiger partial charge in [0.25, 0.3) is 0 Å². The second-order valence-corrected chi connectivity index (χ2v) is 6.80. The monoisotopic (exact) mass is 431 g/mol. The molecule has 2 N–H and O–H groups in total. The molecule has 0 saturated carbocycles. The molecule has 0 radical (unpaired) electrons. The Labute approximate surface area is 150 Å². The molecule has 10 heteroatoms. The van der Waals surface area contributed by atoms with Crippen LogP contribution in [0.1, 0.15) is 15.9 Å². The van der Waals surface area contributed by atoms with Gasteiger partial charge in [-0.05, 0) is 39.8 Å². The number of nitriles is 1. The summed E-state index contributed by atoms with van der Waals surface area (Å²) in [4.78, 5) is 11.3. The third kappa shape index (κ3) is 2.79. The number of carbonyl (C=O) groups is 1. The van der Waals surface area contributed by atoms with Crippen LogP contribution < -0.4 is 4.74 Å². The number of Topliss-reactive ketones (excluding diaryl/α,β-unsaturated/α-hetero) is 1. The molecule has 0 unspecified atom stereocenters. The van der Waals surface area contributed by atoms with Crippen LogP contribution in [0, 0.1) is 17.1 Å². The van der Waals surface area contributed by atoms with Gasteiger partial charge in [0.1, 0.15) is 11.6 Å². The number of hydrogen-bond acceptors (Lipinski definition) is 6. The molecule has 3 rings (SSSR count). The first-order chi connectivity index (χ1) is 11.7. The van der Waals surface area contributed by atoms with Crippen LogP contribution in [0.25, 0.3) is 0 Å². The van der Waals surface area contributed by atoms with Crippen molar-refractivity contribution in [1.82, 2.24) is 0 Å². The fraction of sp³-hybridized carbons (Fsp3) is 0.0667. The van der Waals surface area contributed by atoms with Gasteiger partial charge in [-0.15, -0.1) is 0 Å². The SMILES string of the molecule is N#Cc1cc(F)cc(Oc2c(O)c(O)c3c(c2Br)C(=O)C(F)(F)S3)c1. The predicted octanol–water partition coefficient (Wildman–Crippen LogP) is 4.54. The van der Waals surface area contributed by atoms with E-state index in [-0.39, 0.29) is 27.5 Å². The van der Waals surface area contributed by atoms with E-state index < -0.39 is 44.6 Å². The van der Waals surface area contributed by atoms with Crippen LogP contribution in [-0.2, 0) is 0 Å². The Hall–Kier alpha value is -2.38. The average Bonchev–Trinajstić information content (AvgIpc) is 2.79. The van der Waals surface area contributed by atoms with E-state index in [1.807, 2.05) is 0 Å². The van der Waals surface area contributed by atoms with Crippen molar-refractivity contribution in [2.24, 2.45) is 0 Å². The minimum atomic E-state index is -3.81. The van der Waals surface area contributed by atoms with Crippen LogP contribution in [0.5, 0.6) is 23.0 Å². The summed E-state index contributed by atoms with van der Waals surface area (Å²) in [6.07, 6.45) is 0. The number of aromatic hydroxyl groups is 2. The smallest absolute Gasteiger partial charge is 0.360 e. The molecule has 1 aliphatic rings. The normalized spacial score (nSPS) is 14.9. The van der Waals surface area contributed by atoms with E-state index in [2.05, 4.69) is 15.9 Å². The first-order valence-electron chi connectivity index (χ1n) is 6.43. The Bertz CT molecular complexity index is 974. The summed E-state index contributed by atoms with van der Waals surface area (Å²) in [5.74, 6) is -5.05. The summed E-state index contributed by atoms with van der Waals surface area (Å²) >= 11 is 2.70. The van der Waals surface area contributed by atoms with Gasteiger partial charge in [0.2, 0.25) is 11.5 Å². The number of ketones is 1. The number of benzene rings is 2. The number of alkyl halides is 2. The molecular formula is C15H5BrF3NO4S. The lowest BCUT2D eigenvalue weighted by molar-refractivity contribution is 0.0581. The molecule has 0 aliphatic carbocycles. The number of phenolic OH excluding ortho intramolecular Hbond substituents is 2. The Morgan fingerprint density at radius 1 is 1.24 bits per heavy atom. The summed E-state index contributed by atoms with van der Waals surface area (Å²) in [7, 11) is 0. The second-order valence-electron chi connectivity index (χ2n) is 4.88. The zero-order valence-electron chi connectivity index (χ0n) is 11.8. The molecule has 0 bridgehead atoms. The Kier molecular flexibility index (Phi) is 4.09. The molecule has 0 saturated heterocycles. The van der Waals surface area contributed by atoms with Gasteiger partial charge < -0.3 is 14.9 Å². The number of ether oxygens (including phenoxy) is 1. The van der Waals surface area contributed by atoms with Crippen LogP contribution in [-0.4, -0.2) is 21.3 Å². The maximum atomic E-state index is 13.6. The Balaban J connectivity index is 2.16. The van der Waals surface area contributed by atoms with Crippen LogP contribution in [0.3, 0.4) is 0 Å². The number of fused-ring (bicyclic) bond motifs is 1. The molecule has 128 valence electrons. The number of halogens is 4. The van der Waals surface area contributed by atoms with Crippen molar-refractivity contribution in [2.45, 2.75) is 10.2 Å². The molecule has 2 aromatic carbocycles. The van der Waals surface area contributed by atoms with Crippen LogP contribution >= 0.6 is 27.7 Å². The van der Waals surface area contributed by atoms with Gasteiger partial charge in [-0.3, -0.25) is 4.79 Å². The largest absolute Gasteiger partial charge is 0.503 e. The third-order valence-corrected chi connectivity index (χ3v) is 5.04. The van der Waals surface area contributed by atoms with Gasteiger partial charge in [-0.25, -0.2) is 4.39 Å². The lowest BCUT2D eigenvalue weighted by atomic mass is 10.1. The minimum Gasteiger partial charge on any atom is -0.503 e. The fourth-order valence-corrected chi connectivity index (χ4v) is 3.89. The standard InChI is InChI=1S/C15H5BrF3NO4S/c16-9-8-13(25-15(18,19)14(8)23)11(22)10(21)12(9)24-7-2-5(4-20)1-6(17)3-7/h1-3,21-22H. The average molecular weight is 432 g/mol. The van der Waals surface area contributed by atoms with Crippen LogP contribution in [0.2, 0.25) is 0 Å². The topological polar surface area (TPSA) is 90.6 Å². The summed E-state index contributed by atoms with van der Waals surface area (Å²) in [6.45, 7) is 0. The first kappa shape index (κ1) is 17.4. The number of nitrogens with zero attached hydrogens (tertiary/aromatic N) is 1. The van der Waals surface area contributed by atoms with E-state index >= 15 is 0 Å². The van der Waals surface area contributed by atoms with Crippen molar-refractivity contribution in [3.05, 3.63) is 39.6 Å². The molecule has 5 nitrogen and oxygen atoms in total. The quantitative estimate of drug-likeness (QED) is 0.678. The number of phenols is 2. The fourth-order valence-electron chi connectivity index (χ4n) is 2.17. The lowest BCUT2D eigenvalue weighted by Crippen LogP contribution is -2.18. The maximum Gasteiger partial charge on any atom is 0.360 e. The molecule has 1 heterocycles. The number of hydrogen-bond donors (Lipinski definition) is 2. The van der Waals surface area contributed by atoms with Crippen molar-refractivity contribution >= 4 is 33.5 Å².